The Balaban J connectivity index is 2.38. The van der Waals surface area contributed by atoms with Gasteiger partial charge in [0.25, 0.3) is 0 Å². The molecule has 1 aromatic rings. The molecule has 1 heterocycles. The number of anilines is 1. The van der Waals surface area contributed by atoms with E-state index in [0.717, 1.165) is 13.1 Å². The third-order valence-corrected chi connectivity index (χ3v) is 2.49. The summed E-state index contributed by atoms with van der Waals surface area (Å²) >= 11 is 0. The van der Waals surface area contributed by atoms with Crippen molar-refractivity contribution in [3.63, 3.8) is 0 Å². The Hall–Kier alpha value is -1.59. The predicted octanol–water partition coefficient (Wildman–Crippen LogP) is 0.0367. The first kappa shape index (κ1) is 9.95. The minimum absolute atomic E-state index is 0.289. The van der Waals surface area contributed by atoms with Gasteiger partial charge < -0.3 is 10.0 Å². The average Bonchev–Trinajstić information content (AvgIpc) is 2.64. The van der Waals surface area contributed by atoms with E-state index < -0.39 is 5.97 Å². The molecule has 0 radical (unpaired) electrons. The van der Waals surface area contributed by atoms with E-state index in [4.69, 9.17) is 10.8 Å². The molecular formula is C10H13N3O2. The van der Waals surface area contributed by atoms with Crippen molar-refractivity contribution in [2.24, 2.45) is 5.73 Å². The summed E-state index contributed by atoms with van der Waals surface area (Å²) in [6.07, 6.45) is -0.300. The first-order valence-electron chi connectivity index (χ1n) is 4.78. The van der Waals surface area contributed by atoms with Gasteiger partial charge in [0, 0.05) is 13.1 Å². The van der Waals surface area contributed by atoms with Crippen LogP contribution in [0.25, 0.3) is 0 Å². The molecule has 0 saturated carbocycles. The van der Waals surface area contributed by atoms with E-state index in [1.165, 1.54) is 0 Å². The molecule has 1 atom stereocenters. The number of nitrogens with one attached hydrogen (secondary N) is 1. The van der Waals surface area contributed by atoms with Crippen molar-refractivity contribution in [1.29, 1.82) is 0 Å². The van der Waals surface area contributed by atoms with Gasteiger partial charge in [-0.3, -0.25) is 11.1 Å². The molecule has 1 aliphatic rings. The van der Waals surface area contributed by atoms with E-state index in [9.17, 15) is 4.79 Å². The van der Waals surface area contributed by atoms with Crippen molar-refractivity contribution in [2.45, 2.75) is 6.29 Å². The first-order chi connectivity index (χ1) is 7.20. The van der Waals surface area contributed by atoms with Crippen molar-refractivity contribution in [2.75, 3.05) is 18.0 Å². The number of para-hydroxylation sites is 1. The van der Waals surface area contributed by atoms with Gasteiger partial charge >= 0.3 is 5.97 Å². The molecule has 1 saturated heterocycles. The standard InChI is InChI=1S/C10H13N3O2/c11-10-12-5-6-13(10)8-4-2-1-3-7(8)9(14)15/h1-4,10,12H,5-6,11H2,(H,14,15). The highest BCUT2D eigenvalue weighted by Crippen LogP contribution is 2.22. The van der Waals surface area contributed by atoms with E-state index in [1.807, 2.05) is 11.0 Å². The molecular weight excluding hydrogens is 194 g/mol. The summed E-state index contributed by atoms with van der Waals surface area (Å²) in [6, 6.07) is 6.88. The number of carbonyl (C=O) groups is 1. The SMILES string of the molecule is NC1NCCN1c1ccccc1C(=O)O. The van der Waals surface area contributed by atoms with Crippen LogP contribution in [0.15, 0.2) is 24.3 Å². The molecule has 15 heavy (non-hydrogen) atoms. The van der Waals surface area contributed by atoms with Gasteiger partial charge in [-0.15, -0.1) is 0 Å². The van der Waals surface area contributed by atoms with Crippen molar-refractivity contribution in [3.8, 4) is 0 Å². The quantitative estimate of drug-likeness (QED) is 0.638. The van der Waals surface area contributed by atoms with E-state index >= 15 is 0 Å². The van der Waals surface area contributed by atoms with Gasteiger partial charge in [0.2, 0.25) is 0 Å². The number of carboxylic acid groups (broad SMARTS) is 1. The van der Waals surface area contributed by atoms with Crippen LogP contribution in [0.4, 0.5) is 5.69 Å². The molecule has 1 unspecified atom stereocenters. The fraction of sp³-hybridized carbons (Fsp3) is 0.300. The van der Waals surface area contributed by atoms with Gasteiger partial charge in [-0.1, -0.05) is 12.1 Å². The van der Waals surface area contributed by atoms with E-state index in [2.05, 4.69) is 5.32 Å². The molecule has 4 N–H and O–H groups in total. The second-order valence-electron chi connectivity index (χ2n) is 3.41. The molecule has 0 bridgehead atoms. The lowest BCUT2D eigenvalue weighted by Crippen LogP contribution is -2.44. The normalized spacial score (nSPS) is 20.6. The summed E-state index contributed by atoms with van der Waals surface area (Å²) in [5.41, 5.74) is 6.76. The molecule has 0 spiro atoms. The van der Waals surface area contributed by atoms with Crippen LogP contribution in [0.5, 0.6) is 0 Å². The summed E-state index contributed by atoms with van der Waals surface area (Å²) in [5.74, 6) is -0.926. The number of nitrogens with zero attached hydrogens (tertiary/aromatic N) is 1. The second kappa shape index (κ2) is 3.88. The Morgan fingerprint density at radius 2 is 2.27 bits per heavy atom. The lowest BCUT2D eigenvalue weighted by Gasteiger charge is -2.24. The predicted molar refractivity (Wildman–Crippen MR) is 56.7 cm³/mol. The minimum Gasteiger partial charge on any atom is -0.478 e. The number of rotatable bonds is 2. The number of nitrogens with two attached hydrogens (primary N) is 1. The summed E-state index contributed by atoms with van der Waals surface area (Å²) in [5, 5.41) is 12.1. The molecule has 0 amide bonds. The second-order valence-corrected chi connectivity index (χ2v) is 3.41. The highest BCUT2D eigenvalue weighted by molar-refractivity contribution is 5.94. The lowest BCUT2D eigenvalue weighted by atomic mass is 10.1. The third-order valence-electron chi connectivity index (χ3n) is 2.49. The van der Waals surface area contributed by atoms with Crippen molar-refractivity contribution < 1.29 is 9.90 Å². The largest absolute Gasteiger partial charge is 0.478 e. The fourth-order valence-electron chi connectivity index (χ4n) is 1.76. The lowest BCUT2D eigenvalue weighted by molar-refractivity contribution is 0.0697. The average molecular weight is 207 g/mol. The van der Waals surface area contributed by atoms with Gasteiger partial charge in [0.1, 0.15) is 6.29 Å². The van der Waals surface area contributed by atoms with Crippen LogP contribution in [-0.4, -0.2) is 30.5 Å². The van der Waals surface area contributed by atoms with Gasteiger partial charge in [0.05, 0.1) is 11.3 Å². The third kappa shape index (κ3) is 1.79. The summed E-state index contributed by atoms with van der Waals surface area (Å²) in [4.78, 5) is 12.8. The van der Waals surface area contributed by atoms with Crippen molar-refractivity contribution in [1.82, 2.24) is 5.32 Å². The Kier molecular flexibility index (Phi) is 2.57. The smallest absolute Gasteiger partial charge is 0.337 e. The maximum Gasteiger partial charge on any atom is 0.337 e. The van der Waals surface area contributed by atoms with Crippen LogP contribution in [0.3, 0.4) is 0 Å². The number of hydrogen-bond donors (Lipinski definition) is 3. The number of carboxylic acids is 1. The number of aromatic carboxylic acids is 1. The zero-order valence-corrected chi connectivity index (χ0v) is 8.18. The summed E-state index contributed by atoms with van der Waals surface area (Å²) in [6.45, 7) is 1.50. The van der Waals surface area contributed by atoms with Crippen molar-refractivity contribution >= 4 is 11.7 Å². The topological polar surface area (TPSA) is 78.6 Å². The number of hydrogen-bond acceptors (Lipinski definition) is 4. The highest BCUT2D eigenvalue weighted by atomic mass is 16.4. The van der Waals surface area contributed by atoms with Gasteiger partial charge in [-0.25, -0.2) is 4.79 Å². The number of benzene rings is 1. The fourth-order valence-corrected chi connectivity index (χ4v) is 1.76. The zero-order chi connectivity index (χ0) is 10.8. The molecule has 80 valence electrons. The summed E-state index contributed by atoms with van der Waals surface area (Å²) < 4.78 is 0. The zero-order valence-electron chi connectivity index (χ0n) is 8.18. The molecule has 1 aliphatic heterocycles. The molecule has 2 rings (SSSR count). The van der Waals surface area contributed by atoms with Gasteiger partial charge in [-0.05, 0) is 12.1 Å². The van der Waals surface area contributed by atoms with Gasteiger partial charge in [-0.2, -0.15) is 0 Å². The maximum absolute atomic E-state index is 11.0. The van der Waals surface area contributed by atoms with E-state index in [-0.39, 0.29) is 11.9 Å². The first-order valence-corrected chi connectivity index (χ1v) is 4.78. The van der Waals surface area contributed by atoms with Crippen LogP contribution < -0.4 is 16.0 Å². The molecule has 0 aromatic heterocycles. The maximum atomic E-state index is 11.0. The Morgan fingerprint density at radius 3 is 2.87 bits per heavy atom. The Morgan fingerprint density at radius 1 is 1.53 bits per heavy atom. The van der Waals surface area contributed by atoms with E-state index in [0.29, 0.717) is 5.69 Å². The molecule has 5 nitrogen and oxygen atoms in total. The summed E-state index contributed by atoms with van der Waals surface area (Å²) in [7, 11) is 0. The highest BCUT2D eigenvalue weighted by Gasteiger charge is 2.23. The minimum atomic E-state index is -0.926. The van der Waals surface area contributed by atoms with E-state index in [1.54, 1.807) is 18.2 Å². The molecule has 0 aliphatic carbocycles. The molecule has 1 fully saturated rings. The van der Waals surface area contributed by atoms with Crippen LogP contribution in [0, 0.1) is 0 Å². The van der Waals surface area contributed by atoms with Crippen molar-refractivity contribution in [3.05, 3.63) is 29.8 Å². The van der Waals surface area contributed by atoms with Crippen LogP contribution in [0.1, 0.15) is 10.4 Å². The van der Waals surface area contributed by atoms with Crippen LogP contribution >= 0.6 is 0 Å². The molecule has 5 heteroatoms. The van der Waals surface area contributed by atoms with Gasteiger partial charge in [0.15, 0.2) is 0 Å². The Bertz CT molecular complexity index is 381. The Labute approximate surface area is 87.5 Å². The van der Waals surface area contributed by atoms with Crippen LogP contribution in [-0.2, 0) is 0 Å². The monoisotopic (exact) mass is 207 g/mol. The molecule has 1 aromatic carbocycles. The van der Waals surface area contributed by atoms with Crippen LogP contribution in [0.2, 0.25) is 0 Å².